The first-order valence-electron chi connectivity index (χ1n) is 9.12. The van der Waals surface area contributed by atoms with Gasteiger partial charge >= 0.3 is 17.7 Å². The fourth-order valence-corrected chi connectivity index (χ4v) is 4.61. The van der Waals surface area contributed by atoms with Crippen molar-refractivity contribution >= 4 is 29.7 Å². The quantitative estimate of drug-likeness (QED) is 0.184. The summed E-state index contributed by atoms with van der Waals surface area (Å²) in [6.45, 7) is -0.770. The molecular weight excluding hydrogens is 452 g/mol. The van der Waals surface area contributed by atoms with Crippen molar-refractivity contribution in [1.82, 2.24) is 14.5 Å². The van der Waals surface area contributed by atoms with E-state index in [1.165, 1.54) is 19.3 Å². The molecule has 2 heterocycles. The van der Waals surface area contributed by atoms with E-state index in [2.05, 4.69) is 4.99 Å². The predicted octanol–water partition coefficient (Wildman–Crippen LogP) is -5.25. The fourth-order valence-electron chi connectivity index (χ4n) is 3.04. The van der Waals surface area contributed by atoms with Crippen molar-refractivity contribution in [2.45, 2.75) is 41.0 Å². The number of carboxylic acids is 1. The molecule has 15 nitrogen and oxygen atoms in total. The van der Waals surface area contributed by atoms with Gasteiger partial charge in [0.15, 0.2) is 6.04 Å². The third-order valence-corrected chi connectivity index (χ3v) is 6.44. The summed E-state index contributed by atoms with van der Waals surface area (Å²) in [7, 11) is 1.29. The maximum atomic E-state index is 12.6. The molecule has 0 spiro atoms. The van der Waals surface area contributed by atoms with E-state index in [0.29, 0.717) is 11.8 Å². The lowest BCUT2D eigenvalue weighted by Gasteiger charge is -2.27. The zero-order valence-corrected chi connectivity index (χ0v) is 17.5. The first-order valence-corrected chi connectivity index (χ1v) is 10.1. The zero-order chi connectivity index (χ0) is 24.3. The Labute approximate surface area is 184 Å². The molecule has 0 bridgehead atoms. The van der Waals surface area contributed by atoms with Crippen LogP contribution in [-0.2, 0) is 16.6 Å². The van der Waals surface area contributed by atoms with Gasteiger partial charge in [-0.15, -0.1) is 11.8 Å². The van der Waals surface area contributed by atoms with Crippen LogP contribution in [-0.4, -0.2) is 94.8 Å². The maximum absolute atomic E-state index is 12.6. The van der Waals surface area contributed by atoms with Crippen LogP contribution in [0.4, 0.5) is 4.79 Å². The molecule has 0 saturated carbocycles. The fraction of sp³-hybridized carbons (Fsp3) is 0.562. The molecule has 0 aromatic carbocycles. The van der Waals surface area contributed by atoms with Gasteiger partial charge in [-0.3, -0.25) is 13.9 Å². The van der Waals surface area contributed by atoms with E-state index in [9.17, 15) is 39.6 Å². The lowest BCUT2D eigenvalue weighted by atomic mass is 10.00. The van der Waals surface area contributed by atoms with Crippen molar-refractivity contribution in [2.75, 3.05) is 6.61 Å². The number of carbonyl (C=O) groups excluding carboxylic acids is 2. The summed E-state index contributed by atoms with van der Waals surface area (Å²) in [4.78, 5) is 50.5. The van der Waals surface area contributed by atoms with Crippen LogP contribution in [0.3, 0.4) is 0 Å². The van der Waals surface area contributed by atoms with Crippen LogP contribution in [0.2, 0.25) is 0 Å². The number of amides is 3. The highest BCUT2D eigenvalue weighted by Gasteiger charge is 2.50. The summed E-state index contributed by atoms with van der Waals surface area (Å²) in [6.07, 6.45) is -4.02. The Morgan fingerprint density at radius 1 is 1.31 bits per heavy atom. The van der Waals surface area contributed by atoms with Crippen LogP contribution < -0.4 is 28.0 Å². The SMILES string of the molecule is Cn1c(=NC(N)=O)ccn(C2SC(C(O)C(NC(=O)C(N)CO)C(=O)O)C(O)C2O)c1=O. The summed E-state index contributed by atoms with van der Waals surface area (Å²) in [5.41, 5.74) is 9.49. The highest BCUT2D eigenvalue weighted by molar-refractivity contribution is 8.00. The molecule has 3 amide bonds. The molecule has 0 radical (unpaired) electrons. The minimum absolute atomic E-state index is 0.0674. The number of hydrogen-bond donors (Lipinski definition) is 8. The van der Waals surface area contributed by atoms with Crippen LogP contribution in [0, 0.1) is 0 Å². The molecule has 1 aliphatic rings. The number of thioether (sulfide) groups is 1. The number of carboxylic acid groups (broad SMARTS) is 1. The Hall–Kier alpha value is -2.76. The number of hydrogen-bond acceptors (Lipinski definition) is 10. The average Bonchev–Trinajstić information content (AvgIpc) is 3.02. The van der Waals surface area contributed by atoms with Gasteiger partial charge in [-0.05, 0) is 6.07 Å². The van der Waals surface area contributed by atoms with Gasteiger partial charge in [-0.25, -0.2) is 14.4 Å². The molecule has 1 aromatic rings. The predicted molar refractivity (Wildman–Crippen MR) is 108 cm³/mol. The zero-order valence-electron chi connectivity index (χ0n) is 16.7. The molecule has 178 valence electrons. The molecule has 16 heteroatoms. The molecule has 1 fully saturated rings. The number of aromatic nitrogens is 2. The summed E-state index contributed by atoms with van der Waals surface area (Å²) in [5, 5.41) is 49.2. The second-order valence-corrected chi connectivity index (χ2v) is 8.25. The lowest BCUT2D eigenvalue weighted by Crippen LogP contribution is -2.57. The number of nitrogens with two attached hydrogens (primary N) is 2. The van der Waals surface area contributed by atoms with E-state index in [1.54, 1.807) is 0 Å². The van der Waals surface area contributed by atoms with Gasteiger partial charge in [0.25, 0.3) is 0 Å². The molecule has 2 rings (SSSR count). The van der Waals surface area contributed by atoms with Crippen LogP contribution >= 0.6 is 11.8 Å². The standard InChI is InChI=1S/C16H24N6O9S/c1-21-6(19-15(18)30)2-3-22(16(21)31)13-10(26)9(25)11(32-13)8(24)7(14(28)29)20-12(27)5(17)4-23/h2-3,5,7-11,13,23-26H,4,17H2,1H3,(H2,18,30)(H,20,27)(H,28,29). The number of nitrogens with zero attached hydrogens (tertiary/aromatic N) is 3. The molecule has 0 aliphatic carbocycles. The summed E-state index contributed by atoms with van der Waals surface area (Å²) in [5.74, 6) is -2.70. The average molecular weight is 476 g/mol. The van der Waals surface area contributed by atoms with Gasteiger partial charge in [0.2, 0.25) is 5.91 Å². The van der Waals surface area contributed by atoms with Gasteiger partial charge in [0, 0.05) is 13.2 Å². The maximum Gasteiger partial charge on any atom is 0.340 e. The van der Waals surface area contributed by atoms with Gasteiger partial charge < -0.3 is 42.3 Å². The van der Waals surface area contributed by atoms with E-state index >= 15 is 0 Å². The molecule has 32 heavy (non-hydrogen) atoms. The van der Waals surface area contributed by atoms with Crippen molar-refractivity contribution in [1.29, 1.82) is 0 Å². The monoisotopic (exact) mass is 476 g/mol. The molecule has 7 atom stereocenters. The van der Waals surface area contributed by atoms with Crippen molar-refractivity contribution in [3.05, 3.63) is 28.2 Å². The number of urea groups is 1. The van der Waals surface area contributed by atoms with E-state index in [4.69, 9.17) is 16.6 Å². The summed E-state index contributed by atoms with van der Waals surface area (Å²) < 4.78 is 1.96. The minimum atomic E-state index is -1.93. The lowest BCUT2D eigenvalue weighted by molar-refractivity contribution is -0.146. The number of nitrogens with one attached hydrogen (secondary N) is 1. The Morgan fingerprint density at radius 2 is 1.94 bits per heavy atom. The van der Waals surface area contributed by atoms with Gasteiger partial charge in [-0.2, -0.15) is 4.99 Å². The Balaban J connectivity index is 2.34. The Bertz CT molecular complexity index is 1010. The Kier molecular flexibility index (Phi) is 8.16. The number of rotatable bonds is 7. The summed E-state index contributed by atoms with van der Waals surface area (Å²) >= 11 is 0.700. The first kappa shape index (κ1) is 25.5. The topological polar surface area (TPSA) is 256 Å². The van der Waals surface area contributed by atoms with Gasteiger partial charge in [-0.1, -0.05) is 0 Å². The van der Waals surface area contributed by atoms with Crippen LogP contribution in [0.25, 0.3) is 0 Å². The number of aliphatic hydroxyl groups is 4. The van der Waals surface area contributed by atoms with E-state index in [1.807, 2.05) is 5.32 Å². The third kappa shape index (κ3) is 5.17. The van der Waals surface area contributed by atoms with E-state index in [-0.39, 0.29) is 5.49 Å². The minimum Gasteiger partial charge on any atom is -0.480 e. The molecule has 1 saturated heterocycles. The smallest absolute Gasteiger partial charge is 0.340 e. The second-order valence-electron chi connectivity index (χ2n) is 6.95. The van der Waals surface area contributed by atoms with Crippen molar-refractivity contribution in [3.63, 3.8) is 0 Å². The normalized spacial score (nSPS) is 26.4. The van der Waals surface area contributed by atoms with Crippen LogP contribution in [0.1, 0.15) is 5.37 Å². The second kappa shape index (κ2) is 10.2. The number of aliphatic carboxylic acids is 1. The van der Waals surface area contributed by atoms with E-state index in [0.717, 1.165) is 9.13 Å². The molecular formula is C16H24N6O9S. The molecule has 1 aromatic heterocycles. The Morgan fingerprint density at radius 3 is 2.47 bits per heavy atom. The number of carbonyl (C=O) groups is 3. The van der Waals surface area contributed by atoms with Gasteiger partial charge in [0.05, 0.1) is 24.1 Å². The highest BCUT2D eigenvalue weighted by Crippen LogP contribution is 2.43. The highest BCUT2D eigenvalue weighted by atomic mass is 32.2. The van der Waals surface area contributed by atoms with E-state index < -0.39 is 71.2 Å². The van der Waals surface area contributed by atoms with Crippen LogP contribution in [0.5, 0.6) is 0 Å². The molecule has 10 N–H and O–H groups in total. The molecule has 1 aliphatic heterocycles. The third-order valence-electron chi connectivity index (χ3n) is 4.79. The first-order chi connectivity index (χ1) is 14.9. The van der Waals surface area contributed by atoms with Crippen molar-refractivity contribution in [2.24, 2.45) is 23.5 Å². The van der Waals surface area contributed by atoms with Gasteiger partial charge in [0.1, 0.15) is 23.0 Å². The van der Waals surface area contributed by atoms with Crippen molar-refractivity contribution in [3.8, 4) is 0 Å². The molecule has 7 unspecified atom stereocenters. The number of aliphatic hydroxyl groups excluding tert-OH is 4. The number of primary amides is 1. The summed E-state index contributed by atoms with van der Waals surface area (Å²) in [6, 6.07) is -3.14. The van der Waals surface area contributed by atoms with Crippen LogP contribution in [0.15, 0.2) is 22.1 Å². The largest absolute Gasteiger partial charge is 0.480 e. The van der Waals surface area contributed by atoms with Crippen molar-refractivity contribution < 1.29 is 39.9 Å².